The summed E-state index contributed by atoms with van der Waals surface area (Å²) in [7, 11) is 0. The van der Waals surface area contributed by atoms with Crippen molar-refractivity contribution in [2.24, 2.45) is 0 Å². The van der Waals surface area contributed by atoms with Crippen LogP contribution in [0.3, 0.4) is 0 Å². The summed E-state index contributed by atoms with van der Waals surface area (Å²) in [5.41, 5.74) is 7.93. The van der Waals surface area contributed by atoms with E-state index in [2.05, 4.69) is 9.97 Å². The van der Waals surface area contributed by atoms with Gasteiger partial charge in [-0.05, 0) is 24.1 Å². The van der Waals surface area contributed by atoms with Gasteiger partial charge in [-0.15, -0.1) is 0 Å². The van der Waals surface area contributed by atoms with E-state index in [1.165, 1.54) is 0 Å². The van der Waals surface area contributed by atoms with E-state index < -0.39 is 11.8 Å². The van der Waals surface area contributed by atoms with Gasteiger partial charge in [0.05, 0.1) is 23.4 Å². The predicted molar refractivity (Wildman–Crippen MR) is 87.4 cm³/mol. The van der Waals surface area contributed by atoms with Crippen molar-refractivity contribution in [1.29, 1.82) is 0 Å². The summed E-state index contributed by atoms with van der Waals surface area (Å²) in [4.78, 5) is 48.0. The maximum Gasteiger partial charge on any atom is 0.262 e. The van der Waals surface area contributed by atoms with E-state index in [1.807, 2.05) is 0 Å². The first-order valence-corrected chi connectivity index (χ1v) is 7.88. The van der Waals surface area contributed by atoms with Gasteiger partial charge < -0.3 is 10.6 Å². The van der Waals surface area contributed by atoms with Crippen LogP contribution in [0.25, 0.3) is 0 Å². The number of carbonyl (C=O) groups is 3. The zero-order valence-corrected chi connectivity index (χ0v) is 13.3. The second kappa shape index (κ2) is 5.66. The van der Waals surface area contributed by atoms with Crippen LogP contribution in [0, 0.1) is 0 Å². The van der Waals surface area contributed by atoms with Gasteiger partial charge in [0, 0.05) is 12.7 Å². The topological polar surface area (TPSA) is 109 Å². The Balaban J connectivity index is 1.50. The van der Waals surface area contributed by atoms with Gasteiger partial charge in [-0.25, -0.2) is 9.97 Å². The van der Waals surface area contributed by atoms with Gasteiger partial charge in [0.2, 0.25) is 11.9 Å². The maximum absolute atomic E-state index is 12.6. The highest BCUT2D eigenvalue weighted by Gasteiger charge is 2.37. The Hall–Kier alpha value is -3.29. The van der Waals surface area contributed by atoms with E-state index in [9.17, 15) is 14.4 Å². The third-order valence-corrected chi connectivity index (χ3v) is 4.49. The van der Waals surface area contributed by atoms with Crippen molar-refractivity contribution >= 4 is 23.7 Å². The number of fused-ring (bicyclic) bond motifs is 2. The number of hydrogen-bond acceptors (Lipinski definition) is 6. The molecule has 25 heavy (non-hydrogen) atoms. The molecule has 0 aliphatic carbocycles. The molecule has 2 aliphatic rings. The Morgan fingerprint density at radius 2 is 1.84 bits per heavy atom. The quantitative estimate of drug-likeness (QED) is 0.786. The van der Waals surface area contributed by atoms with Crippen LogP contribution < -0.4 is 5.73 Å². The molecule has 2 aliphatic heterocycles. The molecular formula is C17H15N5O3. The monoisotopic (exact) mass is 337 g/mol. The fraction of sp³-hybridized carbons (Fsp3) is 0.235. The zero-order chi connectivity index (χ0) is 17.6. The Morgan fingerprint density at radius 3 is 2.52 bits per heavy atom. The lowest BCUT2D eigenvalue weighted by Crippen LogP contribution is -2.44. The molecule has 3 amide bonds. The number of amides is 3. The van der Waals surface area contributed by atoms with E-state index in [0.717, 1.165) is 10.5 Å². The Kier molecular flexibility index (Phi) is 3.45. The molecule has 8 nitrogen and oxygen atoms in total. The number of nitrogens with two attached hydrogens (primary N) is 1. The average Bonchev–Trinajstić information content (AvgIpc) is 2.86. The van der Waals surface area contributed by atoms with Gasteiger partial charge in [-0.1, -0.05) is 12.1 Å². The molecule has 0 fully saturated rings. The number of aromatic nitrogens is 2. The van der Waals surface area contributed by atoms with Crippen LogP contribution in [0.2, 0.25) is 0 Å². The fourth-order valence-corrected chi connectivity index (χ4v) is 3.15. The third kappa shape index (κ3) is 2.51. The number of nitrogen functional groups attached to an aromatic ring is 1. The van der Waals surface area contributed by atoms with Crippen LogP contribution in [0.4, 0.5) is 5.95 Å². The fourth-order valence-electron chi connectivity index (χ4n) is 3.15. The summed E-state index contributed by atoms with van der Waals surface area (Å²) >= 11 is 0. The van der Waals surface area contributed by atoms with Crippen LogP contribution >= 0.6 is 0 Å². The molecule has 0 saturated heterocycles. The normalized spacial score (nSPS) is 16.0. The highest BCUT2D eigenvalue weighted by atomic mass is 16.2. The second-order valence-corrected chi connectivity index (χ2v) is 6.01. The molecule has 4 rings (SSSR count). The zero-order valence-electron chi connectivity index (χ0n) is 13.3. The van der Waals surface area contributed by atoms with Crippen LogP contribution in [0.5, 0.6) is 0 Å². The highest BCUT2D eigenvalue weighted by molar-refractivity contribution is 6.22. The van der Waals surface area contributed by atoms with Gasteiger partial charge in [0.1, 0.15) is 6.54 Å². The summed E-state index contributed by atoms with van der Waals surface area (Å²) in [5, 5.41) is 0. The van der Waals surface area contributed by atoms with Crippen LogP contribution in [0.1, 0.15) is 32.0 Å². The lowest BCUT2D eigenvalue weighted by Gasteiger charge is -2.29. The van der Waals surface area contributed by atoms with Gasteiger partial charge in [0.25, 0.3) is 11.8 Å². The molecular weight excluding hydrogens is 322 g/mol. The average molecular weight is 337 g/mol. The van der Waals surface area contributed by atoms with E-state index in [0.29, 0.717) is 36.3 Å². The van der Waals surface area contributed by atoms with E-state index >= 15 is 0 Å². The first kappa shape index (κ1) is 15.3. The van der Waals surface area contributed by atoms with Gasteiger partial charge in [-0.2, -0.15) is 0 Å². The van der Waals surface area contributed by atoms with Crippen LogP contribution in [0.15, 0.2) is 30.5 Å². The molecule has 2 aromatic rings. The number of imide groups is 1. The maximum atomic E-state index is 12.6. The molecule has 0 bridgehead atoms. The van der Waals surface area contributed by atoms with Gasteiger partial charge in [0.15, 0.2) is 0 Å². The van der Waals surface area contributed by atoms with Crippen molar-refractivity contribution < 1.29 is 14.4 Å². The second-order valence-electron chi connectivity index (χ2n) is 6.01. The summed E-state index contributed by atoms with van der Waals surface area (Å²) in [6.07, 6.45) is 2.28. The number of carbonyl (C=O) groups excluding carboxylic acids is 3. The van der Waals surface area contributed by atoms with Crippen LogP contribution in [-0.4, -0.2) is 50.6 Å². The molecule has 0 spiro atoms. The molecule has 0 unspecified atom stereocenters. The minimum Gasteiger partial charge on any atom is -0.368 e. The SMILES string of the molecule is Nc1ncc2c(n1)CN(C(=O)CN1C(=O)c3ccccc3C1=O)CC2. The standard InChI is InChI=1S/C17H15N5O3/c18-17-19-7-10-5-6-21(8-13(10)20-17)14(23)9-22-15(24)11-3-1-2-4-12(11)16(22)25/h1-4,7H,5-6,8-9H2,(H2,18,19,20). The number of benzene rings is 1. The summed E-state index contributed by atoms with van der Waals surface area (Å²) in [6.45, 7) is 0.509. The number of nitrogens with zero attached hydrogens (tertiary/aromatic N) is 4. The van der Waals surface area contributed by atoms with Crippen molar-refractivity contribution in [3.8, 4) is 0 Å². The van der Waals surface area contributed by atoms with E-state index in [1.54, 1.807) is 35.4 Å². The molecule has 0 saturated carbocycles. The lowest BCUT2D eigenvalue weighted by molar-refractivity contribution is -0.132. The minimum atomic E-state index is -0.432. The van der Waals surface area contributed by atoms with Crippen molar-refractivity contribution in [3.63, 3.8) is 0 Å². The minimum absolute atomic E-state index is 0.161. The van der Waals surface area contributed by atoms with Crippen molar-refractivity contribution in [1.82, 2.24) is 19.8 Å². The first-order chi connectivity index (χ1) is 12.0. The highest BCUT2D eigenvalue weighted by Crippen LogP contribution is 2.23. The van der Waals surface area contributed by atoms with Gasteiger partial charge in [-0.3, -0.25) is 19.3 Å². The Morgan fingerprint density at radius 1 is 1.16 bits per heavy atom. The summed E-state index contributed by atoms with van der Waals surface area (Å²) < 4.78 is 0. The molecule has 3 heterocycles. The molecule has 0 radical (unpaired) electrons. The van der Waals surface area contributed by atoms with Crippen molar-refractivity contribution in [3.05, 3.63) is 52.8 Å². The summed E-state index contributed by atoms with van der Waals surface area (Å²) in [6, 6.07) is 6.58. The molecule has 1 aromatic carbocycles. The molecule has 1 aromatic heterocycles. The summed E-state index contributed by atoms with van der Waals surface area (Å²) in [5.74, 6) is -0.999. The number of rotatable bonds is 2. The van der Waals surface area contributed by atoms with Crippen molar-refractivity contribution in [2.45, 2.75) is 13.0 Å². The van der Waals surface area contributed by atoms with Crippen molar-refractivity contribution in [2.75, 3.05) is 18.8 Å². The molecule has 8 heteroatoms. The number of anilines is 1. The number of hydrogen-bond donors (Lipinski definition) is 1. The largest absolute Gasteiger partial charge is 0.368 e. The molecule has 2 N–H and O–H groups in total. The Labute approximate surface area is 143 Å². The van der Waals surface area contributed by atoms with Gasteiger partial charge >= 0.3 is 0 Å². The van der Waals surface area contributed by atoms with E-state index in [4.69, 9.17) is 5.73 Å². The smallest absolute Gasteiger partial charge is 0.262 e. The lowest BCUT2D eigenvalue weighted by atomic mass is 10.1. The molecule has 0 atom stereocenters. The van der Waals surface area contributed by atoms with Crippen LogP contribution in [-0.2, 0) is 17.8 Å². The third-order valence-electron chi connectivity index (χ3n) is 4.49. The molecule has 126 valence electrons. The first-order valence-electron chi connectivity index (χ1n) is 7.88. The Bertz CT molecular complexity index is 876. The van der Waals surface area contributed by atoms with E-state index in [-0.39, 0.29) is 18.4 Å². The predicted octanol–water partition coefficient (Wildman–Crippen LogP) is 0.240.